The third kappa shape index (κ3) is 51.7. The number of hydrogen-bond acceptors (Lipinski definition) is 1. The summed E-state index contributed by atoms with van der Waals surface area (Å²) in [5, 5.41) is 3.00. The first-order valence-corrected chi connectivity index (χ1v) is 5.07. The van der Waals surface area contributed by atoms with E-state index in [2.05, 4.69) is 32.3 Å². The van der Waals surface area contributed by atoms with Crippen LogP contribution >= 0.6 is 0 Å². The summed E-state index contributed by atoms with van der Waals surface area (Å²) in [7, 11) is 1.93. The molecule has 0 amide bonds. The standard InChI is InChI=1S/C5H11N.C5H10.C2H6/c1-3-4-5-6-2;1-4-5(2)3;1-2/h3,6H,1,4-5H2,2H3;4-5H,1H2,2-3H3;1-2H3. The number of nitrogens with one attached hydrogen (secondary N) is 1. The lowest BCUT2D eigenvalue weighted by atomic mass is 10.2. The molecular formula is C12H27N. The molecule has 1 heteroatoms. The predicted molar refractivity (Wildman–Crippen MR) is 65.1 cm³/mol. The van der Waals surface area contributed by atoms with Crippen molar-refractivity contribution in [2.75, 3.05) is 13.6 Å². The molecular weight excluding hydrogens is 158 g/mol. The van der Waals surface area contributed by atoms with Gasteiger partial charge in [0.05, 0.1) is 0 Å². The first-order valence-electron chi connectivity index (χ1n) is 5.07. The zero-order valence-electron chi connectivity index (χ0n) is 10.1. The molecule has 0 saturated heterocycles. The Morgan fingerprint density at radius 1 is 1.23 bits per heavy atom. The van der Waals surface area contributed by atoms with Crippen LogP contribution in [-0.2, 0) is 0 Å². The summed E-state index contributed by atoms with van der Waals surface area (Å²) in [6.07, 6.45) is 4.88. The van der Waals surface area contributed by atoms with Crippen LogP contribution in [0.5, 0.6) is 0 Å². The van der Waals surface area contributed by atoms with Crippen LogP contribution < -0.4 is 5.32 Å². The maximum Gasteiger partial charge on any atom is -0.00174 e. The molecule has 0 spiro atoms. The summed E-state index contributed by atoms with van der Waals surface area (Å²) in [6, 6.07) is 0. The van der Waals surface area contributed by atoms with Crippen molar-refractivity contribution < 1.29 is 0 Å². The van der Waals surface area contributed by atoms with E-state index in [4.69, 9.17) is 0 Å². The number of allylic oxidation sites excluding steroid dienone is 1. The lowest BCUT2D eigenvalue weighted by molar-refractivity contribution is 0.809. The van der Waals surface area contributed by atoms with Gasteiger partial charge in [-0.2, -0.15) is 0 Å². The van der Waals surface area contributed by atoms with E-state index in [1.807, 2.05) is 33.0 Å². The fraction of sp³-hybridized carbons (Fsp3) is 0.667. The Morgan fingerprint density at radius 2 is 1.62 bits per heavy atom. The van der Waals surface area contributed by atoms with Gasteiger partial charge in [-0.1, -0.05) is 39.8 Å². The van der Waals surface area contributed by atoms with Gasteiger partial charge in [0.2, 0.25) is 0 Å². The molecule has 0 aliphatic carbocycles. The van der Waals surface area contributed by atoms with Gasteiger partial charge < -0.3 is 5.32 Å². The van der Waals surface area contributed by atoms with Crippen LogP contribution in [0.15, 0.2) is 25.3 Å². The molecule has 0 radical (unpaired) electrons. The van der Waals surface area contributed by atoms with E-state index in [-0.39, 0.29) is 0 Å². The van der Waals surface area contributed by atoms with Gasteiger partial charge in [0, 0.05) is 0 Å². The Hall–Kier alpha value is -0.560. The van der Waals surface area contributed by atoms with Crippen molar-refractivity contribution in [1.29, 1.82) is 0 Å². The van der Waals surface area contributed by atoms with Crippen LogP contribution in [0.4, 0.5) is 0 Å². The van der Waals surface area contributed by atoms with Crippen LogP contribution in [0.2, 0.25) is 0 Å². The summed E-state index contributed by atoms with van der Waals surface area (Å²) >= 11 is 0. The van der Waals surface area contributed by atoms with Crippen LogP contribution in [0.1, 0.15) is 34.1 Å². The molecule has 0 aromatic heterocycles. The second kappa shape index (κ2) is 22.5. The summed E-state index contributed by atoms with van der Waals surface area (Å²) in [6.45, 7) is 16.4. The fourth-order valence-corrected chi connectivity index (χ4v) is 0.246. The van der Waals surface area contributed by atoms with Crippen molar-refractivity contribution in [1.82, 2.24) is 5.32 Å². The van der Waals surface area contributed by atoms with E-state index in [1.165, 1.54) is 0 Å². The molecule has 0 rings (SSSR count). The molecule has 80 valence electrons. The predicted octanol–water partition coefficient (Wildman–Crippen LogP) is 3.64. The van der Waals surface area contributed by atoms with E-state index >= 15 is 0 Å². The molecule has 0 fully saturated rings. The monoisotopic (exact) mass is 185 g/mol. The van der Waals surface area contributed by atoms with E-state index in [1.54, 1.807) is 0 Å². The molecule has 0 aliphatic heterocycles. The minimum atomic E-state index is 0.648. The molecule has 0 unspecified atom stereocenters. The first kappa shape index (κ1) is 18.3. The zero-order chi connectivity index (χ0) is 11.1. The molecule has 1 nitrogen and oxygen atoms in total. The average Bonchev–Trinajstić information content (AvgIpc) is 2.18. The molecule has 0 bridgehead atoms. The highest BCUT2D eigenvalue weighted by Gasteiger charge is 1.73. The third-order valence-electron chi connectivity index (χ3n) is 1.07. The largest absolute Gasteiger partial charge is 0.319 e. The van der Waals surface area contributed by atoms with Gasteiger partial charge in [-0.05, 0) is 25.9 Å². The highest BCUT2D eigenvalue weighted by atomic mass is 14.8. The first-order chi connectivity index (χ1) is 6.18. The normalized spacial score (nSPS) is 7.54. The maximum absolute atomic E-state index is 3.56. The van der Waals surface area contributed by atoms with Crippen molar-refractivity contribution in [3.8, 4) is 0 Å². The Labute approximate surface area is 84.9 Å². The number of hydrogen-bond donors (Lipinski definition) is 1. The van der Waals surface area contributed by atoms with Crippen molar-refractivity contribution in [3.63, 3.8) is 0 Å². The second-order valence-corrected chi connectivity index (χ2v) is 2.66. The van der Waals surface area contributed by atoms with Crippen molar-refractivity contribution in [2.45, 2.75) is 34.1 Å². The van der Waals surface area contributed by atoms with Gasteiger partial charge in [0.15, 0.2) is 0 Å². The molecule has 0 aliphatic rings. The van der Waals surface area contributed by atoms with Crippen LogP contribution in [0.25, 0.3) is 0 Å². The smallest absolute Gasteiger partial charge is 0.00174 e. The zero-order valence-corrected chi connectivity index (χ0v) is 10.1. The van der Waals surface area contributed by atoms with Crippen LogP contribution in [-0.4, -0.2) is 13.6 Å². The van der Waals surface area contributed by atoms with Gasteiger partial charge in [-0.25, -0.2) is 0 Å². The molecule has 13 heavy (non-hydrogen) atoms. The van der Waals surface area contributed by atoms with E-state index in [0.717, 1.165) is 13.0 Å². The number of rotatable bonds is 4. The summed E-state index contributed by atoms with van der Waals surface area (Å²) in [5.74, 6) is 0.648. The Balaban J connectivity index is -0.000000131. The lowest BCUT2D eigenvalue weighted by Gasteiger charge is -1.86. The summed E-state index contributed by atoms with van der Waals surface area (Å²) < 4.78 is 0. The van der Waals surface area contributed by atoms with E-state index < -0.39 is 0 Å². The SMILES string of the molecule is C=CC(C)C.C=CCCNC.CC. The van der Waals surface area contributed by atoms with Crippen LogP contribution in [0, 0.1) is 5.92 Å². The molecule has 0 saturated carbocycles. The summed E-state index contributed by atoms with van der Waals surface area (Å²) in [4.78, 5) is 0. The van der Waals surface area contributed by atoms with Crippen molar-refractivity contribution in [3.05, 3.63) is 25.3 Å². The van der Waals surface area contributed by atoms with E-state index in [9.17, 15) is 0 Å². The molecule has 0 atom stereocenters. The minimum absolute atomic E-state index is 0.648. The van der Waals surface area contributed by atoms with Crippen molar-refractivity contribution >= 4 is 0 Å². The van der Waals surface area contributed by atoms with Crippen molar-refractivity contribution in [2.24, 2.45) is 5.92 Å². The minimum Gasteiger partial charge on any atom is -0.319 e. The van der Waals surface area contributed by atoms with E-state index in [0.29, 0.717) is 5.92 Å². The molecule has 0 aromatic rings. The second-order valence-electron chi connectivity index (χ2n) is 2.66. The average molecular weight is 185 g/mol. The highest BCUT2D eigenvalue weighted by molar-refractivity contribution is 4.69. The van der Waals surface area contributed by atoms with Gasteiger partial charge in [0.25, 0.3) is 0 Å². The fourth-order valence-electron chi connectivity index (χ4n) is 0.246. The summed E-state index contributed by atoms with van der Waals surface area (Å²) in [5.41, 5.74) is 0. The Morgan fingerprint density at radius 3 is 1.69 bits per heavy atom. The van der Waals surface area contributed by atoms with Gasteiger partial charge >= 0.3 is 0 Å². The van der Waals surface area contributed by atoms with Crippen LogP contribution in [0.3, 0.4) is 0 Å². The Bertz CT molecular complexity index is 85.1. The lowest BCUT2D eigenvalue weighted by Crippen LogP contribution is -2.05. The highest BCUT2D eigenvalue weighted by Crippen LogP contribution is 1.87. The third-order valence-corrected chi connectivity index (χ3v) is 1.07. The maximum atomic E-state index is 3.56. The van der Waals surface area contributed by atoms with Gasteiger partial charge in [0.1, 0.15) is 0 Å². The molecule has 0 heterocycles. The Kier molecular flexibility index (Phi) is 31.7. The topological polar surface area (TPSA) is 12.0 Å². The van der Waals surface area contributed by atoms with Gasteiger partial charge in [-0.3, -0.25) is 0 Å². The quantitative estimate of drug-likeness (QED) is 0.521. The molecule has 1 N–H and O–H groups in total. The molecule has 0 aromatic carbocycles. The van der Waals surface area contributed by atoms with Gasteiger partial charge in [-0.15, -0.1) is 13.2 Å².